The highest BCUT2D eigenvalue weighted by Gasteiger charge is 2.59. The second-order valence-corrected chi connectivity index (χ2v) is 6.98. The molecule has 0 radical (unpaired) electrons. The van der Waals surface area contributed by atoms with Crippen LogP contribution in [0.3, 0.4) is 0 Å². The van der Waals surface area contributed by atoms with Crippen LogP contribution >= 0.6 is 0 Å². The number of pyridine rings is 1. The summed E-state index contributed by atoms with van der Waals surface area (Å²) in [6.07, 6.45) is 3.71. The first-order valence-electron chi connectivity index (χ1n) is 8.65. The van der Waals surface area contributed by atoms with Crippen molar-refractivity contribution in [1.82, 2.24) is 14.8 Å². The normalized spacial score (nSPS) is 23.3. The number of carbonyl (C=O) groups is 1. The van der Waals surface area contributed by atoms with Gasteiger partial charge in [-0.1, -0.05) is 36.4 Å². The van der Waals surface area contributed by atoms with Crippen molar-refractivity contribution >= 4 is 5.91 Å². The van der Waals surface area contributed by atoms with Crippen molar-refractivity contribution in [2.75, 3.05) is 20.1 Å². The van der Waals surface area contributed by atoms with Gasteiger partial charge in [0.1, 0.15) is 0 Å². The van der Waals surface area contributed by atoms with Gasteiger partial charge >= 0.3 is 0 Å². The summed E-state index contributed by atoms with van der Waals surface area (Å²) in [4.78, 5) is 21.4. The number of amides is 1. The molecule has 1 spiro atoms. The molecule has 1 amide bonds. The largest absolute Gasteiger partial charge is 0.337 e. The number of rotatable bonds is 3. The van der Waals surface area contributed by atoms with E-state index in [0.717, 1.165) is 38.2 Å². The highest BCUT2D eigenvalue weighted by Crippen LogP contribution is 2.55. The zero-order chi connectivity index (χ0) is 16.6. The fourth-order valence-electron chi connectivity index (χ4n) is 4.39. The Morgan fingerprint density at radius 1 is 1.08 bits per heavy atom. The number of β-lactam (4-membered cyclic amide) rings is 1. The molecule has 4 nitrogen and oxygen atoms in total. The minimum absolute atomic E-state index is 0.198. The summed E-state index contributed by atoms with van der Waals surface area (Å²) >= 11 is 0. The maximum absolute atomic E-state index is 12.7. The second kappa shape index (κ2) is 6.02. The number of hydrogen-bond donors (Lipinski definition) is 0. The van der Waals surface area contributed by atoms with E-state index in [9.17, 15) is 4.79 Å². The minimum Gasteiger partial charge on any atom is -0.337 e. The number of piperidine rings is 1. The first-order valence-corrected chi connectivity index (χ1v) is 8.65. The summed E-state index contributed by atoms with van der Waals surface area (Å²) in [5.74, 6) is 0.314. The number of hydrogen-bond acceptors (Lipinski definition) is 3. The lowest BCUT2D eigenvalue weighted by molar-refractivity contribution is -0.176. The van der Waals surface area contributed by atoms with Gasteiger partial charge in [-0.15, -0.1) is 0 Å². The van der Waals surface area contributed by atoms with Gasteiger partial charge in [0.15, 0.2) is 0 Å². The number of nitrogens with zero attached hydrogens (tertiary/aromatic N) is 3. The quantitative estimate of drug-likeness (QED) is 0.816. The van der Waals surface area contributed by atoms with E-state index in [1.807, 2.05) is 36.3 Å². The van der Waals surface area contributed by atoms with Gasteiger partial charge in [0.25, 0.3) is 0 Å². The van der Waals surface area contributed by atoms with E-state index in [1.165, 1.54) is 5.56 Å². The first kappa shape index (κ1) is 15.3. The van der Waals surface area contributed by atoms with Crippen LogP contribution in [0.2, 0.25) is 0 Å². The van der Waals surface area contributed by atoms with Crippen molar-refractivity contribution in [3.05, 3.63) is 66.0 Å². The van der Waals surface area contributed by atoms with Gasteiger partial charge in [0, 0.05) is 19.8 Å². The summed E-state index contributed by atoms with van der Waals surface area (Å²) in [6.45, 7) is 2.79. The summed E-state index contributed by atoms with van der Waals surface area (Å²) in [5, 5.41) is 0. The molecular weight excluding hydrogens is 298 g/mol. The average molecular weight is 321 g/mol. The SMILES string of the molecule is CN1C(=O)C2(CCN(Cc3ccccn3)CC2)[C@H]1c1ccccc1. The van der Waals surface area contributed by atoms with E-state index < -0.39 is 0 Å². The lowest BCUT2D eigenvalue weighted by atomic mass is 9.62. The van der Waals surface area contributed by atoms with E-state index in [4.69, 9.17) is 0 Å². The fraction of sp³-hybridized carbons (Fsp3) is 0.400. The highest BCUT2D eigenvalue weighted by atomic mass is 16.2. The number of aromatic nitrogens is 1. The van der Waals surface area contributed by atoms with Crippen molar-refractivity contribution in [1.29, 1.82) is 0 Å². The van der Waals surface area contributed by atoms with Crippen molar-refractivity contribution in [2.24, 2.45) is 5.41 Å². The summed E-state index contributed by atoms with van der Waals surface area (Å²) in [5.41, 5.74) is 2.17. The molecule has 3 heterocycles. The third-order valence-electron chi connectivity index (χ3n) is 5.63. The van der Waals surface area contributed by atoms with Crippen LogP contribution in [0.15, 0.2) is 54.7 Å². The van der Waals surface area contributed by atoms with E-state index in [2.05, 4.69) is 40.2 Å². The Bertz CT molecular complexity index is 708. The van der Waals surface area contributed by atoms with Crippen LogP contribution in [0.1, 0.15) is 30.1 Å². The fourth-order valence-corrected chi connectivity index (χ4v) is 4.39. The molecule has 0 N–H and O–H groups in total. The van der Waals surface area contributed by atoms with Crippen LogP contribution in [0.4, 0.5) is 0 Å². The third kappa shape index (κ3) is 2.42. The molecule has 0 saturated carbocycles. The molecule has 4 rings (SSSR count). The molecule has 1 aromatic carbocycles. The van der Waals surface area contributed by atoms with E-state index in [0.29, 0.717) is 5.91 Å². The Morgan fingerprint density at radius 2 is 1.79 bits per heavy atom. The maximum atomic E-state index is 12.7. The van der Waals surface area contributed by atoms with E-state index >= 15 is 0 Å². The number of carbonyl (C=O) groups excluding carboxylic acids is 1. The van der Waals surface area contributed by atoms with Crippen LogP contribution in [-0.4, -0.2) is 40.8 Å². The average Bonchev–Trinajstić information content (AvgIpc) is 2.64. The van der Waals surface area contributed by atoms with Crippen LogP contribution < -0.4 is 0 Å². The molecule has 24 heavy (non-hydrogen) atoms. The predicted octanol–water partition coefficient (Wildman–Crippen LogP) is 2.88. The van der Waals surface area contributed by atoms with Gasteiger partial charge in [-0.25, -0.2) is 0 Å². The smallest absolute Gasteiger partial charge is 0.231 e. The molecule has 2 saturated heterocycles. The standard InChI is InChI=1S/C20H23N3O/c1-22-18(16-7-3-2-4-8-16)20(19(22)24)10-13-23(14-11-20)15-17-9-5-6-12-21-17/h2-9,12,18H,10-11,13-15H2,1H3/t18-/m1/s1. The van der Waals surface area contributed by atoms with Crippen LogP contribution in [0, 0.1) is 5.41 Å². The van der Waals surface area contributed by atoms with Crippen molar-refractivity contribution in [2.45, 2.75) is 25.4 Å². The van der Waals surface area contributed by atoms with E-state index in [-0.39, 0.29) is 11.5 Å². The second-order valence-electron chi connectivity index (χ2n) is 6.98. The molecule has 1 aromatic heterocycles. The van der Waals surface area contributed by atoms with Crippen LogP contribution in [-0.2, 0) is 11.3 Å². The minimum atomic E-state index is -0.198. The molecule has 2 aliphatic rings. The monoisotopic (exact) mass is 321 g/mol. The Labute approximate surface area is 143 Å². The molecule has 0 aliphatic carbocycles. The highest BCUT2D eigenvalue weighted by molar-refractivity contribution is 5.90. The molecule has 124 valence electrons. The molecule has 0 bridgehead atoms. The molecule has 4 heteroatoms. The topological polar surface area (TPSA) is 36.4 Å². The van der Waals surface area contributed by atoms with Gasteiger partial charge in [0.2, 0.25) is 5.91 Å². The molecule has 2 fully saturated rings. The van der Waals surface area contributed by atoms with Gasteiger partial charge in [-0.3, -0.25) is 14.7 Å². The van der Waals surface area contributed by atoms with Crippen molar-refractivity contribution < 1.29 is 4.79 Å². The van der Waals surface area contributed by atoms with E-state index in [1.54, 1.807) is 0 Å². The molecule has 1 atom stereocenters. The van der Waals surface area contributed by atoms with Crippen molar-refractivity contribution in [3.8, 4) is 0 Å². The predicted molar refractivity (Wildman–Crippen MR) is 93.1 cm³/mol. The lowest BCUT2D eigenvalue weighted by Gasteiger charge is -2.58. The Morgan fingerprint density at radius 3 is 2.46 bits per heavy atom. The van der Waals surface area contributed by atoms with Gasteiger partial charge < -0.3 is 4.90 Å². The molecule has 2 aromatic rings. The van der Waals surface area contributed by atoms with Crippen LogP contribution in [0.25, 0.3) is 0 Å². The third-order valence-corrected chi connectivity index (χ3v) is 5.63. The Hall–Kier alpha value is -2.20. The van der Waals surface area contributed by atoms with Gasteiger partial charge in [-0.05, 0) is 43.6 Å². The Kier molecular flexibility index (Phi) is 3.85. The molecular formula is C20H23N3O. The van der Waals surface area contributed by atoms with Gasteiger partial charge in [-0.2, -0.15) is 0 Å². The van der Waals surface area contributed by atoms with Gasteiger partial charge in [0.05, 0.1) is 17.2 Å². The van der Waals surface area contributed by atoms with Crippen LogP contribution in [0.5, 0.6) is 0 Å². The Balaban J connectivity index is 1.48. The zero-order valence-corrected chi connectivity index (χ0v) is 14.1. The van der Waals surface area contributed by atoms with Crippen molar-refractivity contribution in [3.63, 3.8) is 0 Å². The lowest BCUT2D eigenvalue weighted by Crippen LogP contribution is -2.64. The molecule has 2 aliphatic heterocycles. The molecule has 0 unspecified atom stereocenters. The summed E-state index contributed by atoms with van der Waals surface area (Å²) in [7, 11) is 1.94. The summed E-state index contributed by atoms with van der Waals surface area (Å²) < 4.78 is 0. The number of benzene rings is 1. The number of likely N-dealkylation sites (tertiary alicyclic amines) is 2. The zero-order valence-electron chi connectivity index (χ0n) is 14.1. The first-order chi connectivity index (χ1) is 11.7. The maximum Gasteiger partial charge on any atom is 0.231 e. The summed E-state index contributed by atoms with van der Waals surface area (Å²) in [6, 6.07) is 16.7.